The lowest BCUT2D eigenvalue weighted by atomic mass is 9.67. The minimum absolute atomic E-state index is 0.134. The van der Waals surface area contributed by atoms with E-state index in [-0.39, 0.29) is 5.41 Å². The molecule has 1 nitrogen and oxygen atoms in total. The highest BCUT2D eigenvalue weighted by molar-refractivity contribution is 7.99. The molecule has 58 heavy (non-hydrogen) atoms. The Hall–Kier alpha value is -6.61. The number of anilines is 3. The molecular formula is C56H39NS. The summed E-state index contributed by atoms with van der Waals surface area (Å²) in [5, 5.41) is 2.56. The maximum Gasteiger partial charge on any atom is 0.0736 e. The normalized spacial score (nSPS) is 14.6. The van der Waals surface area contributed by atoms with E-state index in [1.54, 1.807) is 0 Å². The van der Waals surface area contributed by atoms with Crippen molar-refractivity contribution in [3.8, 4) is 33.4 Å². The monoisotopic (exact) mass is 757 g/mol. The molecule has 0 amide bonds. The first-order chi connectivity index (χ1) is 28.5. The van der Waals surface area contributed by atoms with E-state index in [0.717, 1.165) is 17.1 Å². The summed E-state index contributed by atoms with van der Waals surface area (Å²) in [6.07, 6.45) is 0. The van der Waals surface area contributed by atoms with Crippen molar-refractivity contribution in [2.45, 2.75) is 34.5 Å². The van der Waals surface area contributed by atoms with Gasteiger partial charge in [-0.1, -0.05) is 183 Å². The van der Waals surface area contributed by atoms with Crippen LogP contribution in [-0.2, 0) is 10.8 Å². The van der Waals surface area contributed by atoms with E-state index in [1.807, 2.05) is 11.8 Å². The Kier molecular flexibility index (Phi) is 7.19. The van der Waals surface area contributed by atoms with Gasteiger partial charge in [-0.25, -0.2) is 0 Å². The molecule has 1 heterocycles. The predicted octanol–water partition coefficient (Wildman–Crippen LogP) is 15.1. The highest BCUT2D eigenvalue weighted by atomic mass is 32.2. The molecule has 2 heteroatoms. The van der Waals surface area contributed by atoms with Gasteiger partial charge in [0.05, 0.1) is 11.1 Å². The van der Waals surface area contributed by atoms with Crippen LogP contribution in [0, 0.1) is 0 Å². The SMILES string of the molecule is CC1(C)c2ccccc2-c2ccc(N(c3ccc4c(c3)C3(c5ccccc5Sc5ccccc53)c3ccc5ccccc5c3-4)c3ccccc3-c3ccccc3)cc21. The van der Waals surface area contributed by atoms with Gasteiger partial charge in [0.25, 0.3) is 0 Å². The van der Waals surface area contributed by atoms with E-state index < -0.39 is 5.41 Å². The molecule has 0 radical (unpaired) electrons. The Labute approximate surface area is 344 Å². The molecule has 0 unspecified atom stereocenters. The second-order valence-electron chi connectivity index (χ2n) is 16.4. The number of nitrogens with zero attached hydrogens (tertiary/aromatic N) is 1. The summed E-state index contributed by atoms with van der Waals surface area (Å²) < 4.78 is 0. The molecule has 2 aliphatic carbocycles. The zero-order valence-corrected chi connectivity index (χ0v) is 33.2. The number of rotatable bonds is 4. The van der Waals surface area contributed by atoms with Gasteiger partial charge in [-0.05, 0) is 114 Å². The van der Waals surface area contributed by atoms with E-state index >= 15 is 0 Å². The van der Waals surface area contributed by atoms with E-state index in [2.05, 4.69) is 219 Å². The van der Waals surface area contributed by atoms with Crippen molar-refractivity contribution in [2.24, 2.45) is 0 Å². The Morgan fingerprint density at radius 2 is 0.966 bits per heavy atom. The van der Waals surface area contributed by atoms with E-state index in [1.165, 1.54) is 87.3 Å². The smallest absolute Gasteiger partial charge is 0.0736 e. The van der Waals surface area contributed by atoms with Crippen molar-refractivity contribution in [1.29, 1.82) is 0 Å². The number of hydrogen-bond acceptors (Lipinski definition) is 2. The number of benzene rings is 9. The summed E-state index contributed by atoms with van der Waals surface area (Å²) in [6.45, 7) is 4.75. The van der Waals surface area contributed by atoms with Crippen LogP contribution in [0.4, 0.5) is 17.1 Å². The van der Waals surface area contributed by atoms with Crippen molar-refractivity contribution in [3.05, 3.63) is 234 Å². The first-order valence-corrected chi connectivity index (χ1v) is 21.1. The minimum atomic E-state index is -0.505. The second-order valence-corrected chi connectivity index (χ2v) is 17.5. The van der Waals surface area contributed by atoms with Gasteiger partial charge in [0.15, 0.2) is 0 Å². The summed E-state index contributed by atoms with van der Waals surface area (Å²) in [4.78, 5) is 5.14. The Bertz CT molecular complexity index is 3090. The van der Waals surface area contributed by atoms with Crippen LogP contribution in [-0.4, -0.2) is 0 Å². The average molecular weight is 758 g/mol. The third-order valence-corrected chi connectivity index (χ3v) is 14.3. The molecule has 9 aromatic rings. The Morgan fingerprint density at radius 3 is 1.72 bits per heavy atom. The number of fused-ring (bicyclic) bond motifs is 14. The zero-order chi connectivity index (χ0) is 38.6. The Morgan fingerprint density at radius 1 is 0.397 bits per heavy atom. The lowest BCUT2D eigenvalue weighted by Gasteiger charge is -2.40. The fourth-order valence-electron chi connectivity index (χ4n) is 10.6. The van der Waals surface area contributed by atoms with E-state index in [0.29, 0.717) is 0 Å². The predicted molar refractivity (Wildman–Crippen MR) is 243 cm³/mol. The third-order valence-electron chi connectivity index (χ3n) is 13.1. The van der Waals surface area contributed by atoms with Gasteiger partial charge < -0.3 is 4.90 Å². The molecule has 0 bridgehead atoms. The van der Waals surface area contributed by atoms with Crippen LogP contribution in [0.2, 0.25) is 0 Å². The molecule has 0 atom stereocenters. The summed E-state index contributed by atoms with van der Waals surface area (Å²) in [7, 11) is 0. The van der Waals surface area contributed by atoms with Crippen LogP contribution < -0.4 is 4.90 Å². The molecule has 0 saturated heterocycles. The molecule has 0 saturated carbocycles. The first-order valence-electron chi connectivity index (χ1n) is 20.3. The largest absolute Gasteiger partial charge is 0.310 e. The van der Waals surface area contributed by atoms with Crippen molar-refractivity contribution in [1.82, 2.24) is 0 Å². The fraction of sp³-hybridized carbons (Fsp3) is 0.0714. The molecule has 9 aromatic carbocycles. The topological polar surface area (TPSA) is 3.24 Å². The molecule has 0 aromatic heterocycles. The van der Waals surface area contributed by atoms with Crippen LogP contribution in [0.1, 0.15) is 47.2 Å². The summed E-state index contributed by atoms with van der Waals surface area (Å²) in [5.74, 6) is 0. The van der Waals surface area contributed by atoms with Gasteiger partial charge in [-0.3, -0.25) is 0 Å². The van der Waals surface area contributed by atoms with Gasteiger partial charge in [0.2, 0.25) is 0 Å². The number of para-hydroxylation sites is 1. The lowest BCUT2D eigenvalue weighted by molar-refractivity contribution is 0.660. The summed E-state index contributed by atoms with van der Waals surface area (Å²) in [5.41, 5.74) is 18.6. The third kappa shape index (κ3) is 4.55. The van der Waals surface area contributed by atoms with Crippen LogP contribution in [0.3, 0.4) is 0 Å². The lowest BCUT2D eigenvalue weighted by Crippen LogP contribution is -2.32. The minimum Gasteiger partial charge on any atom is -0.310 e. The maximum absolute atomic E-state index is 2.53. The zero-order valence-electron chi connectivity index (χ0n) is 32.4. The molecule has 1 aliphatic heterocycles. The Balaban J connectivity index is 1.17. The van der Waals surface area contributed by atoms with Crippen molar-refractivity contribution < 1.29 is 0 Å². The summed E-state index contributed by atoms with van der Waals surface area (Å²) >= 11 is 1.90. The second kappa shape index (κ2) is 12.4. The number of hydrogen-bond donors (Lipinski definition) is 0. The maximum atomic E-state index is 2.53. The van der Waals surface area contributed by atoms with Crippen molar-refractivity contribution in [3.63, 3.8) is 0 Å². The van der Waals surface area contributed by atoms with Gasteiger partial charge in [-0.2, -0.15) is 0 Å². The molecule has 3 aliphatic rings. The quantitative estimate of drug-likeness (QED) is 0.176. The van der Waals surface area contributed by atoms with Gasteiger partial charge in [-0.15, -0.1) is 0 Å². The van der Waals surface area contributed by atoms with Crippen LogP contribution >= 0.6 is 11.8 Å². The standard InChI is InChI=1S/C56H39NS/c1-55(2)45-22-10-8-21-42(45)43-31-29-38(34-49(43)55)57(51-25-13-9-19-40(51)36-16-4-3-5-17-36)39-30-32-44-50(35-39)56(48-33-28-37-18-6-7-20-41(37)54(44)48)46-23-11-14-26-52(46)58-53-27-15-12-24-47(53)56/h3-35H,1-2H3. The summed E-state index contributed by atoms with van der Waals surface area (Å²) in [6, 6.07) is 75.0. The molecule has 0 fully saturated rings. The van der Waals surface area contributed by atoms with E-state index in [9.17, 15) is 0 Å². The van der Waals surface area contributed by atoms with Crippen molar-refractivity contribution >= 4 is 39.6 Å². The molecule has 1 spiro atoms. The van der Waals surface area contributed by atoms with Crippen LogP contribution in [0.5, 0.6) is 0 Å². The molecule has 0 N–H and O–H groups in total. The van der Waals surface area contributed by atoms with Gasteiger partial charge in [0, 0.05) is 32.1 Å². The molecule has 274 valence electrons. The fourth-order valence-corrected chi connectivity index (χ4v) is 11.8. The molecular weight excluding hydrogens is 719 g/mol. The van der Waals surface area contributed by atoms with Crippen LogP contribution in [0.15, 0.2) is 210 Å². The molecule has 12 rings (SSSR count). The van der Waals surface area contributed by atoms with Gasteiger partial charge >= 0.3 is 0 Å². The van der Waals surface area contributed by atoms with Crippen LogP contribution in [0.25, 0.3) is 44.2 Å². The van der Waals surface area contributed by atoms with E-state index in [4.69, 9.17) is 0 Å². The van der Waals surface area contributed by atoms with Crippen molar-refractivity contribution in [2.75, 3.05) is 4.90 Å². The van der Waals surface area contributed by atoms with Gasteiger partial charge in [0.1, 0.15) is 0 Å². The highest BCUT2D eigenvalue weighted by Crippen LogP contribution is 2.64. The first kappa shape index (κ1) is 33.5. The highest BCUT2D eigenvalue weighted by Gasteiger charge is 2.51. The average Bonchev–Trinajstić information content (AvgIpc) is 3.69.